The number of hydrogen-bond acceptors (Lipinski definition) is 5. The monoisotopic (exact) mass is 396 g/mol. The predicted octanol–water partition coefficient (Wildman–Crippen LogP) is 4.26. The fourth-order valence-electron chi connectivity index (χ4n) is 2.48. The maximum absolute atomic E-state index is 12.1. The first-order valence-corrected chi connectivity index (χ1v) is 8.81. The van der Waals surface area contributed by atoms with E-state index in [0.717, 1.165) is 6.42 Å². The normalized spacial score (nSPS) is 21.2. The lowest BCUT2D eigenvalue weighted by Crippen LogP contribution is -2.35. The summed E-state index contributed by atoms with van der Waals surface area (Å²) in [6.45, 7) is 4.52. The first-order valence-electron chi connectivity index (χ1n) is 8.06. The molecular formula is C17H18Cl2N4O3. The number of nitrogens with zero attached hydrogens (tertiary/aromatic N) is 2. The molecule has 2 N–H and O–H groups in total. The highest BCUT2D eigenvalue weighted by atomic mass is 35.5. The van der Waals surface area contributed by atoms with Gasteiger partial charge in [-0.3, -0.25) is 0 Å². The van der Waals surface area contributed by atoms with Crippen molar-refractivity contribution in [2.75, 3.05) is 11.9 Å². The summed E-state index contributed by atoms with van der Waals surface area (Å²) in [4.78, 5) is 20.0. The lowest BCUT2D eigenvalue weighted by molar-refractivity contribution is 0.0494. The second-order valence-corrected chi connectivity index (χ2v) is 6.88. The number of hydrogen-bond donors (Lipinski definition) is 2. The smallest absolute Gasteiger partial charge is 0.322 e. The molecule has 9 heteroatoms. The molecule has 2 aromatic rings. The number of anilines is 1. The molecule has 1 aliphatic carbocycles. The largest absolute Gasteiger partial charge is 0.423 e. The van der Waals surface area contributed by atoms with Crippen LogP contribution in [0.3, 0.4) is 0 Å². The number of aromatic nitrogens is 2. The van der Waals surface area contributed by atoms with Crippen LogP contribution in [0, 0.1) is 0 Å². The zero-order chi connectivity index (χ0) is 18.7. The van der Waals surface area contributed by atoms with Gasteiger partial charge in [0.05, 0.1) is 34.1 Å². The molecule has 138 valence electrons. The zero-order valence-corrected chi connectivity index (χ0v) is 15.8. The SMILES string of the molecule is CCO[C@@]1(C)C[C@H]1NC(=O)Nc1ccc(Oc2ncc(Cl)cn2)c(Cl)c1. The average Bonchev–Trinajstić information content (AvgIpc) is 3.21. The Morgan fingerprint density at radius 3 is 2.73 bits per heavy atom. The van der Waals surface area contributed by atoms with Gasteiger partial charge in [0.15, 0.2) is 0 Å². The number of benzene rings is 1. The molecule has 0 radical (unpaired) electrons. The summed E-state index contributed by atoms with van der Waals surface area (Å²) in [5.74, 6) is 0.367. The van der Waals surface area contributed by atoms with Crippen LogP contribution in [0.5, 0.6) is 11.8 Å². The molecule has 0 spiro atoms. The van der Waals surface area contributed by atoms with E-state index in [4.69, 9.17) is 32.7 Å². The van der Waals surface area contributed by atoms with Gasteiger partial charge < -0.3 is 20.1 Å². The highest BCUT2D eigenvalue weighted by molar-refractivity contribution is 6.32. The van der Waals surface area contributed by atoms with Crippen molar-refractivity contribution in [3.05, 3.63) is 40.6 Å². The van der Waals surface area contributed by atoms with Crippen LogP contribution < -0.4 is 15.4 Å². The fourth-order valence-corrected chi connectivity index (χ4v) is 2.79. The van der Waals surface area contributed by atoms with Gasteiger partial charge in [0.2, 0.25) is 0 Å². The maximum atomic E-state index is 12.1. The zero-order valence-electron chi connectivity index (χ0n) is 14.3. The Morgan fingerprint density at radius 2 is 2.08 bits per heavy atom. The Morgan fingerprint density at radius 1 is 1.35 bits per heavy atom. The van der Waals surface area contributed by atoms with E-state index in [9.17, 15) is 4.79 Å². The van der Waals surface area contributed by atoms with E-state index >= 15 is 0 Å². The van der Waals surface area contributed by atoms with Gasteiger partial charge in [-0.2, -0.15) is 0 Å². The van der Waals surface area contributed by atoms with E-state index in [1.165, 1.54) is 12.4 Å². The van der Waals surface area contributed by atoms with E-state index < -0.39 is 0 Å². The first-order chi connectivity index (χ1) is 12.4. The van der Waals surface area contributed by atoms with Gasteiger partial charge >= 0.3 is 12.0 Å². The molecule has 1 fully saturated rings. The van der Waals surface area contributed by atoms with Gasteiger partial charge in [0.1, 0.15) is 5.75 Å². The molecule has 2 amide bonds. The number of ether oxygens (including phenoxy) is 2. The molecule has 1 aromatic heterocycles. The van der Waals surface area contributed by atoms with Crippen molar-refractivity contribution in [3.8, 4) is 11.8 Å². The predicted molar refractivity (Wildman–Crippen MR) is 99.2 cm³/mol. The number of halogens is 2. The summed E-state index contributed by atoms with van der Waals surface area (Å²) in [5.41, 5.74) is 0.260. The van der Waals surface area contributed by atoms with Crippen LogP contribution in [0.2, 0.25) is 10.0 Å². The Kier molecular flexibility index (Phi) is 5.50. The Balaban J connectivity index is 1.57. The molecule has 0 aliphatic heterocycles. The van der Waals surface area contributed by atoms with Gasteiger partial charge in [-0.1, -0.05) is 23.2 Å². The van der Waals surface area contributed by atoms with E-state index in [0.29, 0.717) is 28.1 Å². The second-order valence-electron chi connectivity index (χ2n) is 6.03. The minimum atomic E-state index is -0.316. The molecule has 0 unspecified atom stereocenters. The third-order valence-corrected chi connectivity index (χ3v) is 4.44. The summed E-state index contributed by atoms with van der Waals surface area (Å²) in [5, 5.41) is 6.33. The van der Waals surface area contributed by atoms with Crippen LogP contribution in [0.25, 0.3) is 0 Å². The minimum absolute atomic E-state index is 0.00239. The highest BCUT2D eigenvalue weighted by Gasteiger charge is 2.52. The van der Waals surface area contributed by atoms with E-state index in [1.807, 2.05) is 13.8 Å². The second kappa shape index (κ2) is 7.65. The number of amides is 2. The van der Waals surface area contributed by atoms with Gasteiger partial charge in [-0.25, -0.2) is 14.8 Å². The molecule has 7 nitrogen and oxygen atoms in total. The summed E-state index contributed by atoms with van der Waals surface area (Å²) in [6.07, 6.45) is 3.64. The molecule has 1 heterocycles. The Bertz CT molecular complexity index is 803. The third kappa shape index (κ3) is 4.55. The van der Waals surface area contributed by atoms with Gasteiger partial charge in [-0.15, -0.1) is 0 Å². The van der Waals surface area contributed by atoms with Crippen LogP contribution in [0.1, 0.15) is 20.3 Å². The van der Waals surface area contributed by atoms with Gasteiger partial charge in [0.25, 0.3) is 0 Å². The molecule has 0 bridgehead atoms. The number of urea groups is 1. The molecule has 26 heavy (non-hydrogen) atoms. The summed E-state index contributed by atoms with van der Waals surface area (Å²) < 4.78 is 11.1. The number of carbonyl (C=O) groups excluding carboxylic acids is 1. The topological polar surface area (TPSA) is 85.4 Å². The van der Waals surface area contributed by atoms with Crippen molar-refractivity contribution in [2.24, 2.45) is 0 Å². The van der Waals surface area contributed by atoms with Crippen molar-refractivity contribution < 1.29 is 14.3 Å². The van der Waals surface area contributed by atoms with E-state index in [1.54, 1.807) is 18.2 Å². The Hall–Kier alpha value is -2.09. The first kappa shape index (κ1) is 18.7. The molecule has 1 saturated carbocycles. The molecule has 0 saturated heterocycles. The summed E-state index contributed by atoms with van der Waals surface area (Å²) in [7, 11) is 0. The lowest BCUT2D eigenvalue weighted by atomic mass is 10.3. The molecule has 2 atom stereocenters. The fraction of sp³-hybridized carbons (Fsp3) is 0.353. The van der Waals surface area contributed by atoms with Crippen LogP contribution in [0.4, 0.5) is 10.5 Å². The maximum Gasteiger partial charge on any atom is 0.322 e. The number of rotatable bonds is 6. The quantitative estimate of drug-likeness (QED) is 0.761. The third-order valence-electron chi connectivity index (χ3n) is 3.95. The Labute approximate surface area is 161 Å². The molecular weight excluding hydrogens is 379 g/mol. The molecule has 1 aromatic carbocycles. The minimum Gasteiger partial charge on any atom is -0.423 e. The summed E-state index contributed by atoms with van der Waals surface area (Å²) in [6, 6.07) is 4.69. The molecule has 1 aliphatic rings. The van der Waals surface area contributed by atoms with Crippen molar-refractivity contribution in [1.29, 1.82) is 0 Å². The van der Waals surface area contributed by atoms with E-state index in [-0.39, 0.29) is 23.7 Å². The van der Waals surface area contributed by atoms with Crippen molar-refractivity contribution in [2.45, 2.75) is 31.9 Å². The van der Waals surface area contributed by atoms with E-state index in [2.05, 4.69) is 20.6 Å². The van der Waals surface area contributed by atoms with Crippen molar-refractivity contribution in [3.63, 3.8) is 0 Å². The van der Waals surface area contributed by atoms with Gasteiger partial charge in [-0.05, 0) is 32.0 Å². The van der Waals surface area contributed by atoms with Crippen molar-refractivity contribution >= 4 is 34.9 Å². The summed E-state index contributed by atoms with van der Waals surface area (Å²) >= 11 is 11.9. The van der Waals surface area contributed by atoms with Crippen LogP contribution in [-0.4, -0.2) is 34.2 Å². The van der Waals surface area contributed by atoms with Crippen LogP contribution >= 0.6 is 23.2 Å². The van der Waals surface area contributed by atoms with Crippen LogP contribution in [0.15, 0.2) is 30.6 Å². The van der Waals surface area contributed by atoms with Gasteiger partial charge in [0, 0.05) is 18.7 Å². The standard InChI is InChI=1S/C17H18Cl2N4O3/c1-3-25-17(2)7-14(17)23-15(24)22-11-4-5-13(12(19)6-11)26-16-20-8-10(18)9-21-16/h4-6,8-9,14H,3,7H2,1-2H3,(H2,22,23,24)/t14-,17+/m1/s1. The lowest BCUT2D eigenvalue weighted by Gasteiger charge is -2.13. The van der Waals surface area contributed by atoms with Crippen LogP contribution in [-0.2, 0) is 4.74 Å². The average molecular weight is 397 g/mol. The van der Waals surface area contributed by atoms with Crippen molar-refractivity contribution in [1.82, 2.24) is 15.3 Å². The number of nitrogens with one attached hydrogen (secondary N) is 2. The molecule has 3 rings (SSSR count). The number of carbonyl (C=O) groups is 1. The highest BCUT2D eigenvalue weighted by Crippen LogP contribution is 2.39.